The molecular formula is C30H46O4. The van der Waals surface area contributed by atoms with Crippen LogP contribution in [0.2, 0.25) is 0 Å². The summed E-state index contributed by atoms with van der Waals surface area (Å²) in [5.41, 5.74) is 2.65. The maximum Gasteiger partial charge on any atom is 0.335 e. The van der Waals surface area contributed by atoms with E-state index in [1.165, 1.54) is 62.5 Å². The number of aliphatic hydroxyl groups is 2. The van der Waals surface area contributed by atoms with Crippen LogP contribution in [-0.2, 0) is 16.0 Å². The van der Waals surface area contributed by atoms with Crippen LogP contribution >= 0.6 is 0 Å². The van der Waals surface area contributed by atoms with Gasteiger partial charge in [0.1, 0.15) is 0 Å². The zero-order valence-corrected chi connectivity index (χ0v) is 21.2. The number of aliphatic hydroxyl groups excluding tert-OH is 2. The van der Waals surface area contributed by atoms with E-state index >= 15 is 0 Å². The van der Waals surface area contributed by atoms with Crippen LogP contribution in [0.4, 0.5) is 0 Å². The van der Waals surface area contributed by atoms with Gasteiger partial charge in [-0.1, -0.05) is 82.0 Å². The van der Waals surface area contributed by atoms with Gasteiger partial charge >= 0.3 is 5.97 Å². The molecule has 0 spiro atoms. The predicted molar refractivity (Wildman–Crippen MR) is 140 cm³/mol. The Balaban J connectivity index is 1.63. The summed E-state index contributed by atoms with van der Waals surface area (Å²) in [6.45, 7) is 5.48. The first-order valence-electron chi connectivity index (χ1n) is 13.4. The molecule has 4 nitrogen and oxygen atoms in total. The summed E-state index contributed by atoms with van der Waals surface area (Å²) in [5.74, 6) is 1.03. The molecule has 1 unspecified atom stereocenters. The van der Waals surface area contributed by atoms with E-state index in [4.69, 9.17) is 9.84 Å². The van der Waals surface area contributed by atoms with Gasteiger partial charge in [-0.15, -0.1) is 0 Å². The number of allylic oxidation sites excluding steroid dienone is 1. The number of benzene rings is 1. The Labute approximate surface area is 207 Å². The maximum atomic E-state index is 11.6. The van der Waals surface area contributed by atoms with Crippen LogP contribution in [-0.4, -0.2) is 36.0 Å². The highest BCUT2D eigenvalue weighted by atomic mass is 16.5. The largest absolute Gasteiger partial charge is 0.462 e. The summed E-state index contributed by atoms with van der Waals surface area (Å²) in [6.07, 6.45) is 19.6. The molecule has 0 bridgehead atoms. The van der Waals surface area contributed by atoms with E-state index in [1.807, 2.05) is 0 Å². The van der Waals surface area contributed by atoms with Gasteiger partial charge in [0.15, 0.2) is 0 Å². The quantitative estimate of drug-likeness (QED) is 0.164. The molecule has 4 heteroatoms. The minimum absolute atomic E-state index is 0.0135. The Morgan fingerprint density at radius 3 is 2.47 bits per heavy atom. The fraction of sp³-hybridized carbons (Fsp3) is 0.633. The second-order valence-electron chi connectivity index (χ2n) is 10.0. The first-order chi connectivity index (χ1) is 16.5. The van der Waals surface area contributed by atoms with Crippen LogP contribution in [0.15, 0.2) is 42.5 Å². The molecule has 0 aliphatic heterocycles. The highest BCUT2D eigenvalue weighted by Gasteiger charge is 2.19. The van der Waals surface area contributed by atoms with Gasteiger partial charge in [-0.05, 0) is 67.9 Å². The SMILES string of the molecule is C=C(CO)C(=O)OCC(CO)CCCCc1ccc(/C=C/C2CCC(CCCCC)CC2)cc1. The van der Waals surface area contributed by atoms with Crippen molar-refractivity contribution < 1.29 is 19.7 Å². The first kappa shape index (κ1) is 28.3. The predicted octanol–water partition coefficient (Wildman–Crippen LogP) is 6.50. The lowest BCUT2D eigenvalue weighted by Gasteiger charge is -2.26. The molecule has 1 saturated carbocycles. The molecule has 1 aromatic rings. The number of unbranched alkanes of at least 4 members (excludes halogenated alkanes) is 3. The minimum Gasteiger partial charge on any atom is -0.462 e. The number of carbonyl (C=O) groups is 1. The lowest BCUT2D eigenvalue weighted by Crippen LogP contribution is -2.19. The van der Waals surface area contributed by atoms with Gasteiger partial charge in [0.2, 0.25) is 0 Å². The van der Waals surface area contributed by atoms with Crippen molar-refractivity contribution in [2.24, 2.45) is 17.8 Å². The third-order valence-corrected chi connectivity index (χ3v) is 7.16. The molecule has 1 aromatic carbocycles. The smallest absolute Gasteiger partial charge is 0.335 e. The van der Waals surface area contributed by atoms with Crippen molar-refractivity contribution in [2.45, 2.75) is 84.0 Å². The second-order valence-corrected chi connectivity index (χ2v) is 10.0. The molecular weight excluding hydrogens is 424 g/mol. The van der Waals surface area contributed by atoms with Crippen LogP contribution in [0.1, 0.15) is 88.7 Å². The monoisotopic (exact) mass is 470 g/mol. The van der Waals surface area contributed by atoms with Crippen molar-refractivity contribution in [2.75, 3.05) is 19.8 Å². The van der Waals surface area contributed by atoms with Gasteiger partial charge in [0.25, 0.3) is 0 Å². The topological polar surface area (TPSA) is 66.8 Å². The molecule has 190 valence electrons. The average Bonchev–Trinajstić information content (AvgIpc) is 2.88. The van der Waals surface area contributed by atoms with Crippen molar-refractivity contribution in [3.63, 3.8) is 0 Å². The third kappa shape index (κ3) is 11.0. The van der Waals surface area contributed by atoms with Crippen molar-refractivity contribution in [3.05, 3.63) is 53.6 Å². The molecule has 1 aliphatic carbocycles. The Bertz CT molecular complexity index is 729. The summed E-state index contributed by atoms with van der Waals surface area (Å²) >= 11 is 0. The van der Waals surface area contributed by atoms with Gasteiger partial charge in [-0.3, -0.25) is 0 Å². The molecule has 0 radical (unpaired) electrons. The van der Waals surface area contributed by atoms with E-state index in [9.17, 15) is 9.90 Å². The summed E-state index contributed by atoms with van der Waals surface area (Å²) in [6, 6.07) is 8.87. The Kier molecular flexibility index (Phi) is 13.9. The number of hydrogen-bond donors (Lipinski definition) is 2. The Hall–Kier alpha value is -1.91. The highest BCUT2D eigenvalue weighted by Crippen LogP contribution is 2.33. The lowest BCUT2D eigenvalue weighted by atomic mass is 9.79. The molecule has 0 saturated heterocycles. The molecule has 0 amide bonds. The lowest BCUT2D eigenvalue weighted by molar-refractivity contribution is -0.141. The van der Waals surface area contributed by atoms with Crippen LogP contribution in [0.3, 0.4) is 0 Å². The van der Waals surface area contributed by atoms with Crippen LogP contribution in [0, 0.1) is 17.8 Å². The molecule has 1 aliphatic rings. The molecule has 2 N–H and O–H groups in total. The van der Waals surface area contributed by atoms with E-state index in [0.717, 1.165) is 37.5 Å². The van der Waals surface area contributed by atoms with Crippen molar-refractivity contribution >= 4 is 12.0 Å². The van der Waals surface area contributed by atoms with Gasteiger partial charge in [-0.2, -0.15) is 0 Å². The van der Waals surface area contributed by atoms with E-state index < -0.39 is 12.6 Å². The fourth-order valence-electron chi connectivity index (χ4n) is 4.74. The van der Waals surface area contributed by atoms with E-state index in [2.05, 4.69) is 49.9 Å². The number of rotatable bonds is 16. The first-order valence-corrected chi connectivity index (χ1v) is 13.4. The van der Waals surface area contributed by atoms with Crippen LogP contribution < -0.4 is 0 Å². The molecule has 34 heavy (non-hydrogen) atoms. The third-order valence-electron chi connectivity index (χ3n) is 7.16. The summed E-state index contributed by atoms with van der Waals surface area (Å²) in [5, 5.41) is 18.4. The minimum atomic E-state index is -0.592. The standard InChI is InChI=1S/C30H46O4/c1-3-4-5-8-25-11-15-27(16-12-25)19-20-28-17-13-26(14-18-28)9-6-7-10-29(22-32)23-34-30(33)24(2)21-31/h13-14,17-20,25,27,29,31-32H,2-12,15-16,21-23H2,1H3/b20-19+. The number of ether oxygens (including phenoxy) is 1. The number of esters is 1. The van der Waals surface area contributed by atoms with Gasteiger partial charge in [0, 0.05) is 12.5 Å². The number of hydrogen-bond acceptors (Lipinski definition) is 4. The van der Waals surface area contributed by atoms with Crippen molar-refractivity contribution in [1.29, 1.82) is 0 Å². The fourth-order valence-corrected chi connectivity index (χ4v) is 4.74. The van der Waals surface area contributed by atoms with E-state index in [1.54, 1.807) is 0 Å². The normalized spacial score (nSPS) is 19.3. The number of carbonyl (C=O) groups excluding carboxylic acids is 1. The van der Waals surface area contributed by atoms with E-state index in [0.29, 0.717) is 0 Å². The molecule has 1 atom stereocenters. The molecule has 0 heterocycles. The van der Waals surface area contributed by atoms with Gasteiger partial charge in [-0.25, -0.2) is 4.79 Å². The highest BCUT2D eigenvalue weighted by molar-refractivity contribution is 5.87. The van der Waals surface area contributed by atoms with Crippen molar-refractivity contribution in [3.8, 4) is 0 Å². The Morgan fingerprint density at radius 1 is 1.09 bits per heavy atom. The second kappa shape index (κ2) is 16.7. The summed E-state index contributed by atoms with van der Waals surface area (Å²) < 4.78 is 5.10. The zero-order valence-electron chi connectivity index (χ0n) is 21.2. The summed E-state index contributed by atoms with van der Waals surface area (Å²) in [7, 11) is 0. The molecule has 2 rings (SSSR count). The summed E-state index contributed by atoms with van der Waals surface area (Å²) in [4.78, 5) is 11.6. The average molecular weight is 471 g/mol. The van der Waals surface area contributed by atoms with Crippen LogP contribution in [0.25, 0.3) is 6.08 Å². The Morgan fingerprint density at radius 2 is 1.82 bits per heavy atom. The van der Waals surface area contributed by atoms with Gasteiger partial charge in [0.05, 0.1) is 18.8 Å². The maximum absolute atomic E-state index is 11.6. The van der Waals surface area contributed by atoms with Crippen molar-refractivity contribution in [1.82, 2.24) is 0 Å². The number of aryl methyl sites for hydroxylation is 1. The molecule has 0 aromatic heterocycles. The van der Waals surface area contributed by atoms with E-state index in [-0.39, 0.29) is 24.7 Å². The molecule has 1 fully saturated rings. The van der Waals surface area contributed by atoms with Crippen LogP contribution in [0.5, 0.6) is 0 Å². The van der Waals surface area contributed by atoms with Gasteiger partial charge < -0.3 is 14.9 Å². The zero-order chi connectivity index (χ0) is 24.6.